The van der Waals surface area contributed by atoms with Gasteiger partial charge in [0, 0.05) is 10.9 Å². The average molecular weight is 237 g/mol. The Bertz CT molecular complexity index is 388. The van der Waals surface area contributed by atoms with E-state index in [0.717, 1.165) is 23.5 Å². The summed E-state index contributed by atoms with van der Waals surface area (Å²) < 4.78 is 0. The van der Waals surface area contributed by atoms with Crippen LogP contribution in [0.25, 0.3) is 0 Å². The number of likely N-dealkylation sites (tertiary alicyclic amines) is 1. The molecule has 3 rings (SSSR count). The highest BCUT2D eigenvalue weighted by molar-refractivity contribution is 7.15. The lowest BCUT2D eigenvalue weighted by Gasteiger charge is -2.43. The van der Waals surface area contributed by atoms with Gasteiger partial charge in [-0.1, -0.05) is 6.92 Å². The molecule has 1 saturated heterocycles. The van der Waals surface area contributed by atoms with Crippen molar-refractivity contribution >= 4 is 16.5 Å². The van der Waals surface area contributed by atoms with Crippen molar-refractivity contribution in [2.24, 2.45) is 5.92 Å². The second-order valence-electron chi connectivity index (χ2n) is 4.93. The van der Waals surface area contributed by atoms with Gasteiger partial charge >= 0.3 is 0 Å². The number of nitrogens with zero attached hydrogens (tertiary/aromatic N) is 2. The number of rotatable bonds is 1. The van der Waals surface area contributed by atoms with Gasteiger partial charge in [-0.3, -0.25) is 0 Å². The van der Waals surface area contributed by atoms with E-state index in [4.69, 9.17) is 5.73 Å². The number of fused-ring (bicyclic) bond motifs is 2. The summed E-state index contributed by atoms with van der Waals surface area (Å²) in [6, 6.07) is 0.756. The molecule has 0 spiro atoms. The van der Waals surface area contributed by atoms with E-state index < -0.39 is 0 Å². The van der Waals surface area contributed by atoms with Crippen LogP contribution in [0.1, 0.15) is 30.3 Å². The van der Waals surface area contributed by atoms with Crippen molar-refractivity contribution in [3.63, 3.8) is 0 Å². The number of aromatic nitrogens is 1. The van der Waals surface area contributed by atoms with Gasteiger partial charge in [-0.25, -0.2) is 4.98 Å². The number of hydrogen-bond acceptors (Lipinski definition) is 4. The maximum absolute atomic E-state index is 5.81. The lowest BCUT2D eigenvalue weighted by Crippen LogP contribution is -2.48. The molecule has 16 heavy (non-hydrogen) atoms. The zero-order chi connectivity index (χ0) is 11.1. The molecular weight excluding hydrogens is 218 g/mol. The molecule has 0 bridgehead atoms. The van der Waals surface area contributed by atoms with Gasteiger partial charge in [0.25, 0.3) is 0 Å². The SMILES string of the molecule is CCN1CCCC2Cc3nc(N)sc3CC21. The number of likely N-dealkylation sites (N-methyl/N-ethyl adjacent to an activating group) is 1. The fourth-order valence-electron chi connectivity index (χ4n) is 3.30. The lowest BCUT2D eigenvalue weighted by atomic mass is 9.79. The van der Waals surface area contributed by atoms with Gasteiger partial charge in [-0.15, -0.1) is 11.3 Å². The smallest absolute Gasteiger partial charge is 0.180 e. The van der Waals surface area contributed by atoms with Crippen LogP contribution in [0.5, 0.6) is 0 Å². The summed E-state index contributed by atoms with van der Waals surface area (Å²) >= 11 is 1.70. The van der Waals surface area contributed by atoms with E-state index in [-0.39, 0.29) is 0 Å². The Balaban J connectivity index is 1.88. The summed E-state index contributed by atoms with van der Waals surface area (Å²) in [7, 11) is 0. The van der Waals surface area contributed by atoms with E-state index in [1.165, 1.54) is 42.9 Å². The predicted octanol–water partition coefficient (Wildman–Crippen LogP) is 1.92. The van der Waals surface area contributed by atoms with Crippen LogP contribution in [0, 0.1) is 5.92 Å². The molecule has 4 heteroatoms. The van der Waals surface area contributed by atoms with Crippen molar-refractivity contribution in [1.29, 1.82) is 0 Å². The second kappa shape index (κ2) is 4.00. The van der Waals surface area contributed by atoms with Gasteiger partial charge in [0.05, 0.1) is 5.69 Å². The zero-order valence-corrected chi connectivity index (χ0v) is 10.6. The molecular formula is C12H19N3S. The van der Waals surface area contributed by atoms with Crippen LogP contribution in [0.2, 0.25) is 0 Å². The first-order valence-corrected chi connectivity index (χ1v) is 7.07. The largest absolute Gasteiger partial charge is 0.375 e. The van der Waals surface area contributed by atoms with E-state index in [0.29, 0.717) is 0 Å². The summed E-state index contributed by atoms with van der Waals surface area (Å²) in [5, 5.41) is 0.756. The molecule has 2 aliphatic rings. The Kier molecular flexibility index (Phi) is 2.64. The number of nitrogens with two attached hydrogens (primary N) is 1. The van der Waals surface area contributed by atoms with Crippen molar-refractivity contribution in [3.8, 4) is 0 Å². The van der Waals surface area contributed by atoms with Crippen LogP contribution >= 0.6 is 11.3 Å². The fraction of sp³-hybridized carbons (Fsp3) is 0.750. The molecule has 0 aromatic carbocycles. The molecule has 2 unspecified atom stereocenters. The predicted molar refractivity (Wildman–Crippen MR) is 67.7 cm³/mol. The van der Waals surface area contributed by atoms with Gasteiger partial charge in [0.2, 0.25) is 0 Å². The summed E-state index contributed by atoms with van der Waals surface area (Å²) in [4.78, 5) is 8.56. The standard InChI is InChI=1S/C12H19N3S/c1-2-15-5-3-4-8-6-9-11(7-10(8)15)16-12(13)14-9/h8,10H,2-7H2,1H3,(H2,13,14). The monoisotopic (exact) mass is 237 g/mol. The van der Waals surface area contributed by atoms with Gasteiger partial charge in [0.1, 0.15) is 0 Å². The van der Waals surface area contributed by atoms with Crippen molar-refractivity contribution in [1.82, 2.24) is 9.88 Å². The van der Waals surface area contributed by atoms with Gasteiger partial charge in [-0.2, -0.15) is 0 Å². The van der Waals surface area contributed by atoms with Crippen LogP contribution in [0.4, 0.5) is 5.13 Å². The normalized spacial score (nSPS) is 29.8. The lowest BCUT2D eigenvalue weighted by molar-refractivity contribution is 0.0911. The minimum absolute atomic E-state index is 0.756. The Labute approximate surface area is 101 Å². The Hall–Kier alpha value is -0.610. The molecule has 2 N–H and O–H groups in total. The summed E-state index contributed by atoms with van der Waals surface area (Å²) in [6.07, 6.45) is 5.06. The number of hydrogen-bond donors (Lipinski definition) is 1. The first kappa shape index (κ1) is 10.5. The van der Waals surface area contributed by atoms with E-state index in [2.05, 4.69) is 16.8 Å². The highest BCUT2D eigenvalue weighted by Crippen LogP contribution is 2.37. The number of anilines is 1. The molecule has 2 atom stereocenters. The Morgan fingerprint density at radius 3 is 3.19 bits per heavy atom. The second-order valence-corrected chi connectivity index (χ2v) is 6.04. The van der Waals surface area contributed by atoms with Crippen LogP contribution in [0.3, 0.4) is 0 Å². The minimum atomic E-state index is 0.756. The maximum Gasteiger partial charge on any atom is 0.180 e. The van der Waals surface area contributed by atoms with Crippen molar-refractivity contribution in [2.75, 3.05) is 18.8 Å². The first-order chi connectivity index (χ1) is 7.78. The number of nitrogen functional groups attached to an aromatic ring is 1. The van der Waals surface area contributed by atoms with Gasteiger partial charge in [0.15, 0.2) is 5.13 Å². The zero-order valence-electron chi connectivity index (χ0n) is 9.78. The molecule has 1 fully saturated rings. The molecule has 1 aliphatic carbocycles. The Morgan fingerprint density at radius 2 is 2.38 bits per heavy atom. The summed E-state index contributed by atoms with van der Waals surface area (Å²) in [6.45, 7) is 4.74. The highest BCUT2D eigenvalue weighted by atomic mass is 32.1. The molecule has 1 aliphatic heterocycles. The first-order valence-electron chi connectivity index (χ1n) is 6.26. The third-order valence-corrected chi connectivity index (χ3v) is 5.03. The quantitative estimate of drug-likeness (QED) is 0.811. The van der Waals surface area contributed by atoms with Crippen molar-refractivity contribution in [2.45, 2.75) is 38.6 Å². The molecule has 0 amide bonds. The highest BCUT2D eigenvalue weighted by Gasteiger charge is 2.36. The maximum atomic E-state index is 5.81. The molecule has 88 valence electrons. The molecule has 0 radical (unpaired) electrons. The van der Waals surface area contributed by atoms with E-state index in [1.807, 2.05) is 0 Å². The van der Waals surface area contributed by atoms with Crippen LogP contribution in [0.15, 0.2) is 0 Å². The number of piperidine rings is 1. The van der Waals surface area contributed by atoms with Crippen molar-refractivity contribution in [3.05, 3.63) is 10.6 Å². The van der Waals surface area contributed by atoms with E-state index in [9.17, 15) is 0 Å². The summed E-state index contributed by atoms with van der Waals surface area (Å²) in [5.74, 6) is 0.822. The average Bonchev–Trinajstić information content (AvgIpc) is 2.64. The topological polar surface area (TPSA) is 42.2 Å². The fourth-order valence-corrected chi connectivity index (χ4v) is 4.21. The molecule has 0 saturated carbocycles. The molecule has 2 heterocycles. The molecule has 1 aromatic heterocycles. The molecule has 3 nitrogen and oxygen atoms in total. The third-order valence-electron chi connectivity index (χ3n) is 4.08. The van der Waals surface area contributed by atoms with Crippen molar-refractivity contribution < 1.29 is 0 Å². The van der Waals surface area contributed by atoms with Gasteiger partial charge < -0.3 is 10.6 Å². The van der Waals surface area contributed by atoms with Gasteiger partial charge in [-0.05, 0) is 44.7 Å². The Morgan fingerprint density at radius 1 is 1.50 bits per heavy atom. The summed E-state index contributed by atoms with van der Waals surface area (Å²) in [5.41, 5.74) is 7.10. The van der Waals surface area contributed by atoms with Crippen LogP contribution < -0.4 is 5.73 Å². The number of thiazole rings is 1. The van der Waals surface area contributed by atoms with Crippen LogP contribution in [-0.4, -0.2) is 29.0 Å². The third kappa shape index (κ3) is 1.64. The van der Waals surface area contributed by atoms with Crippen LogP contribution in [-0.2, 0) is 12.8 Å². The van der Waals surface area contributed by atoms with E-state index in [1.54, 1.807) is 11.3 Å². The minimum Gasteiger partial charge on any atom is -0.375 e. The van der Waals surface area contributed by atoms with E-state index >= 15 is 0 Å². The molecule has 1 aromatic rings.